The van der Waals surface area contributed by atoms with E-state index in [0.717, 1.165) is 16.6 Å². The van der Waals surface area contributed by atoms with E-state index >= 15 is 0 Å². The van der Waals surface area contributed by atoms with Crippen molar-refractivity contribution in [2.45, 2.75) is 4.90 Å². The topological polar surface area (TPSA) is 69.7 Å². The van der Waals surface area contributed by atoms with Gasteiger partial charge in [0.05, 0.1) is 10.6 Å². The third-order valence-electron chi connectivity index (χ3n) is 2.83. The van der Waals surface area contributed by atoms with E-state index < -0.39 is 10.0 Å². The summed E-state index contributed by atoms with van der Waals surface area (Å²) in [5.74, 6) is 1.18. The molecule has 1 N–H and O–H groups in total. The SMILES string of the molecule is CN(C)CCSCC(=O)Nc1ccc(S(=O)(=O)N(C)C)cc1. The van der Waals surface area contributed by atoms with Crippen LogP contribution in [0.2, 0.25) is 0 Å². The van der Waals surface area contributed by atoms with Gasteiger partial charge in [0.15, 0.2) is 0 Å². The van der Waals surface area contributed by atoms with Gasteiger partial charge < -0.3 is 10.2 Å². The Labute approximate surface area is 136 Å². The van der Waals surface area contributed by atoms with Gasteiger partial charge in [-0.15, -0.1) is 0 Å². The van der Waals surface area contributed by atoms with Gasteiger partial charge >= 0.3 is 0 Å². The van der Waals surface area contributed by atoms with Gasteiger partial charge in [-0.2, -0.15) is 11.8 Å². The first-order chi connectivity index (χ1) is 10.2. The molecule has 1 aromatic carbocycles. The summed E-state index contributed by atoms with van der Waals surface area (Å²) < 4.78 is 25.0. The zero-order valence-electron chi connectivity index (χ0n) is 13.4. The van der Waals surface area contributed by atoms with E-state index in [2.05, 4.69) is 10.2 Å². The summed E-state index contributed by atoms with van der Waals surface area (Å²) in [7, 11) is 3.51. The molecule has 0 spiro atoms. The molecule has 0 radical (unpaired) electrons. The molecular weight excluding hydrogens is 322 g/mol. The van der Waals surface area contributed by atoms with Crippen LogP contribution in [-0.2, 0) is 14.8 Å². The fourth-order valence-electron chi connectivity index (χ4n) is 1.53. The number of sulfonamides is 1. The smallest absolute Gasteiger partial charge is 0.242 e. The molecule has 22 heavy (non-hydrogen) atoms. The second-order valence-electron chi connectivity index (χ2n) is 5.22. The highest BCUT2D eigenvalue weighted by molar-refractivity contribution is 7.99. The molecule has 124 valence electrons. The Morgan fingerprint density at radius 1 is 1.14 bits per heavy atom. The molecule has 1 rings (SSSR count). The molecule has 6 nitrogen and oxygen atoms in total. The predicted octanol–water partition coefficient (Wildman–Crippen LogP) is 1.17. The van der Waals surface area contributed by atoms with Crippen molar-refractivity contribution in [1.82, 2.24) is 9.21 Å². The van der Waals surface area contributed by atoms with Crippen LogP contribution in [0.25, 0.3) is 0 Å². The molecule has 0 fully saturated rings. The molecule has 0 bridgehead atoms. The van der Waals surface area contributed by atoms with E-state index in [-0.39, 0.29) is 10.8 Å². The van der Waals surface area contributed by atoms with Crippen molar-refractivity contribution in [2.24, 2.45) is 0 Å². The van der Waals surface area contributed by atoms with Crippen LogP contribution in [0.15, 0.2) is 29.2 Å². The summed E-state index contributed by atoms with van der Waals surface area (Å²) in [5.41, 5.74) is 0.593. The standard InChI is InChI=1S/C14H23N3O3S2/c1-16(2)9-10-21-11-14(18)15-12-5-7-13(8-6-12)22(19,20)17(3)4/h5-8H,9-11H2,1-4H3,(H,15,18). The zero-order chi connectivity index (χ0) is 16.8. The molecule has 0 aliphatic heterocycles. The third-order valence-corrected chi connectivity index (χ3v) is 5.60. The van der Waals surface area contributed by atoms with E-state index in [4.69, 9.17) is 0 Å². The maximum Gasteiger partial charge on any atom is 0.242 e. The number of anilines is 1. The summed E-state index contributed by atoms with van der Waals surface area (Å²) >= 11 is 1.56. The molecule has 0 atom stereocenters. The summed E-state index contributed by atoms with van der Waals surface area (Å²) in [6.45, 7) is 0.926. The molecule has 0 heterocycles. The lowest BCUT2D eigenvalue weighted by Crippen LogP contribution is -2.22. The van der Waals surface area contributed by atoms with E-state index in [0.29, 0.717) is 11.4 Å². The van der Waals surface area contributed by atoms with Crippen molar-refractivity contribution in [2.75, 3.05) is 51.6 Å². The molecule has 0 aliphatic rings. The molecule has 1 aromatic rings. The largest absolute Gasteiger partial charge is 0.325 e. The van der Waals surface area contributed by atoms with Gasteiger partial charge in [0, 0.05) is 32.1 Å². The Hall–Kier alpha value is -1.09. The van der Waals surface area contributed by atoms with Crippen LogP contribution in [-0.4, -0.2) is 69.8 Å². The quantitative estimate of drug-likeness (QED) is 0.716. The Balaban J connectivity index is 2.53. The monoisotopic (exact) mass is 345 g/mol. The maximum atomic E-state index is 11.9. The van der Waals surface area contributed by atoms with Crippen molar-refractivity contribution >= 4 is 33.4 Å². The molecule has 0 unspecified atom stereocenters. The summed E-state index contributed by atoms with van der Waals surface area (Å²) in [4.78, 5) is 14.0. The zero-order valence-corrected chi connectivity index (χ0v) is 15.0. The highest BCUT2D eigenvalue weighted by Gasteiger charge is 2.16. The number of hydrogen-bond donors (Lipinski definition) is 1. The van der Waals surface area contributed by atoms with Crippen molar-refractivity contribution in [1.29, 1.82) is 0 Å². The second-order valence-corrected chi connectivity index (χ2v) is 8.47. The summed E-state index contributed by atoms with van der Waals surface area (Å²) in [6, 6.07) is 6.17. The number of amides is 1. The van der Waals surface area contributed by atoms with Gasteiger partial charge in [-0.25, -0.2) is 12.7 Å². The van der Waals surface area contributed by atoms with Crippen molar-refractivity contribution in [3.05, 3.63) is 24.3 Å². The van der Waals surface area contributed by atoms with Crippen LogP contribution in [0.5, 0.6) is 0 Å². The molecular formula is C14H23N3O3S2. The first-order valence-corrected chi connectivity index (χ1v) is 9.38. The van der Waals surface area contributed by atoms with Crippen molar-refractivity contribution < 1.29 is 13.2 Å². The van der Waals surface area contributed by atoms with E-state index in [1.54, 1.807) is 23.9 Å². The Bertz CT molecular complexity index is 584. The number of nitrogens with one attached hydrogen (secondary N) is 1. The normalized spacial score (nSPS) is 11.9. The predicted molar refractivity (Wildman–Crippen MR) is 91.8 cm³/mol. The van der Waals surface area contributed by atoms with Crippen LogP contribution in [0.1, 0.15) is 0 Å². The lowest BCUT2D eigenvalue weighted by atomic mass is 10.3. The molecule has 0 saturated carbocycles. The fraction of sp³-hybridized carbons (Fsp3) is 0.500. The summed E-state index contributed by atoms with van der Waals surface area (Å²) in [5, 5.41) is 2.76. The number of carbonyl (C=O) groups excluding carboxylic acids is 1. The van der Waals surface area contributed by atoms with Crippen LogP contribution in [0.3, 0.4) is 0 Å². The van der Waals surface area contributed by atoms with Crippen molar-refractivity contribution in [3.63, 3.8) is 0 Å². The van der Waals surface area contributed by atoms with E-state index in [1.807, 2.05) is 14.1 Å². The minimum atomic E-state index is -3.44. The number of nitrogens with zero attached hydrogens (tertiary/aromatic N) is 2. The van der Waals surface area contributed by atoms with Gasteiger partial charge in [0.25, 0.3) is 0 Å². The van der Waals surface area contributed by atoms with E-state index in [9.17, 15) is 13.2 Å². The van der Waals surface area contributed by atoms with Crippen LogP contribution >= 0.6 is 11.8 Å². The number of hydrogen-bond acceptors (Lipinski definition) is 5. The average molecular weight is 345 g/mol. The molecule has 0 aromatic heterocycles. The van der Waals surface area contributed by atoms with Crippen molar-refractivity contribution in [3.8, 4) is 0 Å². The highest BCUT2D eigenvalue weighted by atomic mass is 32.2. The van der Waals surface area contributed by atoms with Gasteiger partial charge in [0.1, 0.15) is 0 Å². The Morgan fingerprint density at radius 3 is 2.23 bits per heavy atom. The van der Waals surface area contributed by atoms with E-state index in [1.165, 1.54) is 26.2 Å². The summed E-state index contributed by atoms with van der Waals surface area (Å²) in [6.07, 6.45) is 0. The van der Waals surface area contributed by atoms with Crippen LogP contribution in [0.4, 0.5) is 5.69 Å². The minimum absolute atomic E-state index is 0.0908. The number of benzene rings is 1. The van der Waals surface area contributed by atoms with Gasteiger partial charge in [-0.3, -0.25) is 4.79 Å². The lowest BCUT2D eigenvalue weighted by molar-refractivity contribution is -0.113. The van der Waals surface area contributed by atoms with Gasteiger partial charge in [-0.1, -0.05) is 0 Å². The Kier molecular flexibility index (Phi) is 7.34. The molecule has 0 saturated heterocycles. The number of carbonyl (C=O) groups is 1. The highest BCUT2D eigenvalue weighted by Crippen LogP contribution is 2.16. The number of thioether (sulfide) groups is 1. The second kappa shape index (κ2) is 8.52. The first-order valence-electron chi connectivity index (χ1n) is 6.78. The maximum absolute atomic E-state index is 11.9. The Morgan fingerprint density at radius 2 is 1.73 bits per heavy atom. The van der Waals surface area contributed by atoms with Crippen LogP contribution in [0, 0.1) is 0 Å². The molecule has 1 amide bonds. The molecule has 8 heteroatoms. The first kappa shape index (κ1) is 19.0. The van der Waals surface area contributed by atoms with Crippen LogP contribution < -0.4 is 5.32 Å². The minimum Gasteiger partial charge on any atom is -0.325 e. The number of rotatable bonds is 8. The van der Waals surface area contributed by atoms with Gasteiger partial charge in [0.2, 0.25) is 15.9 Å². The molecule has 0 aliphatic carbocycles. The fourth-order valence-corrected chi connectivity index (χ4v) is 3.33. The lowest BCUT2D eigenvalue weighted by Gasteiger charge is -2.12. The van der Waals surface area contributed by atoms with Gasteiger partial charge in [-0.05, 0) is 38.4 Å². The third kappa shape index (κ3) is 5.96. The average Bonchev–Trinajstić information content (AvgIpc) is 2.44.